The van der Waals surface area contributed by atoms with E-state index in [0.29, 0.717) is 27.8 Å². The van der Waals surface area contributed by atoms with Crippen LogP contribution in [-0.4, -0.2) is 29.9 Å². The molecular formula is C18H18ClN3O3. The van der Waals surface area contributed by atoms with Crippen LogP contribution in [-0.2, 0) is 6.54 Å². The highest BCUT2D eigenvalue weighted by molar-refractivity contribution is 6.32. The number of carbonyl (C=O) groups is 1. The molecule has 3 rings (SSSR count). The Kier molecular flexibility index (Phi) is 4.81. The van der Waals surface area contributed by atoms with Gasteiger partial charge in [0.05, 0.1) is 24.8 Å². The van der Waals surface area contributed by atoms with Crippen molar-refractivity contribution in [3.8, 4) is 11.5 Å². The molecule has 0 atom stereocenters. The first-order valence-electron chi connectivity index (χ1n) is 7.75. The molecule has 3 aromatic rings. The average molecular weight is 360 g/mol. The molecule has 25 heavy (non-hydrogen) atoms. The molecule has 2 aromatic carbocycles. The molecule has 0 fully saturated rings. The number of ether oxygens (including phenoxy) is 2. The molecule has 0 saturated carbocycles. The summed E-state index contributed by atoms with van der Waals surface area (Å²) in [5.74, 6) is 0.502. The summed E-state index contributed by atoms with van der Waals surface area (Å²) in [5, 5.41) is 8.63. The van der Waals surface area contributed by atoms with E-state index in [4.69, 9.17) is 21.1 Å². The minimum Gasteiger partial charge on any atom is -0.493 e. The topological polar surface area (TPSA) is 65.4 Å². The number of rotatable bonds is 5. The lowest BCUT2D eigenvalue weighted by Gasteiger charge is -2.12. The van der Waals surface area contributed by atoms with Gasteiger partial charge >= 0.3 is 0 Å². The summed E-state index contributed by atoms with van der Waals surface area (Å²) in [6.07, 6.45) is 1.97. The van der Waals surface area contributed by atoms with E-state index < -0.39 is 0 Å². The predicted molar refractivity (Wildman–Crippen MR) is 97.9 cm³/mol. The first-order chi connectivity index (χ1) is 12.0. The van der Waals surface area contributed by atoms with E-state index in [-0.39, 0.29) is 5.91 Å². The highest BCUT2D eigenvalue weighted by Gasteiger charge is 2.15. The van der Waals surface area contributed by atoms with Gasteiger partial charge in [-0.15, -0.1) is 0 Å². The molecule has 1 aromatic heterocycles. The minimum atomic E-state index is -0.294. The minimum absolute atomic E-state index is 0.294. The van der Waals surface area contributed by atoms with Gasteiger partial charge in [-0.25, -0.2) is 0 Å². The number of carbonyl (C=O) groups excluding carboxylic acids is 1. The van der Waals surface area contributed by atoms with Crippen LogP contribution in [0.5, 0.6) is 11.5 Å². The third-order valence-electron chi connectivity index (χ3n) is 3.83. The molecule has 1 heterocycles. The summed E-state index contributed by atoms with van der Waals surface area (Å²) in [6, 6.07) is 8.73. The molecule has 7 heteroatoms. The first kappa shape index (κ1) is 17.1. The Morgan fingerprint density at radius 2 is 2.04 bits per heavy atom. The maximum atomic E-state index is 12.5. The molecule has 130 valence electrons. The van der Waals surface area contributed by atoms with Crippen molar-refractivity contribution >= 4 is 34.1 Å². The number of aryl methyl sites for hydroxylation is 1. The van der Waals surface area contributed by atoms with Gasteiger partial charge in [-0.05, 0) is 37.3 Å². The summed E-state index contributed by atoms with van der Waals surface area (Å²) < 4.78 is 12.3. The second kappa shape index (κ2) is 7.03. The molecule has 0 aliphatic rings. The van der Waals surface area contributed by atoms with E-state index in [9.17, 15) is 4.79 Å². The molecule has 1 amide bonds. The second-order valence-electron chi connectivity index (χ2n) is 5.41. The van der Waals surface area contributed by atoms with Gasteiger partial charge < -0.3 is 14.8 Å². The summed E-state index contributed by atoms with van der Waals surface area (Å²) in [7, 11) is 2.99. The highest BCUT2D eigenvalue weighted by atomic mass is 35.5. The van der Waals surface area contributed by atoms with E-state index in [1.165, 1.54) is 14.2 Å². The van der Waals surface area contributed by atoms with Crippen LogP contribution in [0.3, 0.4) is 0 Å². The van der Waals surface area contributed by atoms with Crippen molar-refractivity contribution in [2.24, 2.45) is 0 Å². The number of methoxy groups -OCH3 is 2. The van der Waals surface area contributed by atoms with E-state index in [2.05, 4.69) is 10.4 Å². The number of hydrogen-bond donors (Lipinski definition) is 1. The normalized spacial score (nSPS) is 10.7. The lowest BCUT2D eigenvalue weighted by Crippen LogP contribution is -2.12. The third-order valence-corrected chi connectivity index (χ3v) is 4.11. The van der Waals surface area contributed by atoms with Crippen molar-refractivity contribution in [1.29, 1.82) is 0 Å². The molecule has 0 unspecified atom stereocenters. The van der Waals surface area contributed by atoms with E-state index >= 15 is 0 Å². The number of halogens is 1. The number of nitrogens with one attached hydrogen (secondary N) is 1. The Bertz CT molecular complexity index is 937. The van der Waals surface area contributed by atoms with Crippen LogP contribution in [0, 0.1) is 0 Å². The molecular weight excluding hydrogens is 342 g/mol. The van der Waals surface area contributed by atoms with Crippen molar-refractivity contribution in [2.45, 2.75) is 13.5 Å². The smallest absolute Gasteiger partial charge is 0.255 e. The number of hydrogen-bond acceptors (Lipinski definition) is 4. The van der Waals surface area contributed by atoms with Crippen LogP contribution in [0.1, 0.15) is 17.3 Å². The van der Waals surface area contributed by atoms with Crippen molar-refractivity contribution < 1.29 is 14.3 Å². The third kappa shape index (κ3) is 3.39. The summed E-state index contributed by atoms with van der Waals surface area (Å²) >= 11 is 6.16. The second-order valence-corrected chi connectivity index (χ2v) is 5.81. The lowest BCUT2D eigenvalue weighted by molar-refractivity contribution is 0.102. The van der Waals surface area contributed by atoms with Gasteiger partial charge in [-0.2, -0.15) is 5.10 Å². The Morgan fingerprint density at radius 3 is 2.72 bits per heavy atom. The van der Waals surface area contributed by atoms with Gasteiger partial charge in [0.25, 0.3) is 5.91 Å². The highest BCUT2D eigenvalue weighted by Crippen LogP contribution is 2.36. The SMILES string of the molecule is CCn1cc2ccc(NC(=O)c3cc(Cl)c(OC)c(OC)c3)cc2n1. The number of anilines is 1. The lowest BCUT2D eigenvalue weighted by atomic mass is 10.1. The first-order valence-corrected chi connectivity index (χ1v) is 8.13. The number of aromatic nitrogens is 2. The molecule has 6 nitrogen and oxygen atoms in total. The van der Waals surface area contributed by atoms with Crippen molar-refractivity contribution in [3.05, 3.63) is 47.1 Å². The number of nitrogens with zero attached hydrogens (tertiary/aromatic N) is 2. The van der Waals surface area contributed by atoms with E-state index in [1.54, 1.807) is 12.1 Å². The molecule has 1 N–H and O–H groups in total. The Hall–Kier alpha value is -2.73. The summed E-state index contributed by atoms with van der Waals surface area (Å²) in [5.41, 5.74) is 1.86. The van der Waals surface area contributed by atoms with Gasteiger partial charge in [0.2, 0.25) is 0 Å². The molecule has 0 aliphatic heterocycles. The zero-order valence-corrected chi connectivity index (χ0v) is 14.9. The van der Waals surface area contributed by atoms with Crippen LogP contribution < -0.4 is 14.8 Å². The van der Waals surface area contributed by atoms with E-state index in [0.717, 1.165) is 17.4 Å². The van der Waals surface area contributed by atoms with Crippen molar-refractivity contribution in [3.63, 3.8) is 0 Å². The molecule has 0 aliphatic carbocycles. The predicted octanol–water partition coefficient (Wildman–Crippen LogP) is 3.98. The van der Waals surface area contributed by atoms with Gasteiger partial charge in [-0.3, -0.25) is 9.48 Å². The van der Waals surface area contributed by atoms with Crippen LogP contribution in [0.25, 0.3) is 10.9 Å². The van der Waals surface area contributed by atoms with Gasteiger partial charge in [0.1, 0.15) is 0 Å². The van der Waals surface area contributed by atoms with Crippen LogP contribution in [0.4, 0.5) is 5.69 Å². The van der Waals surface area contributed by atoms with Crippen LogP contribution in [0.15, 0.2) is 36.5 Å². The summed E-state index contributed by atoms with van der Waals surface area (Å²) in [4.78, 5) is 12.5. The summed E-state index contributed by atoms with van der Waals surface area (Å²) in [6.45, 7) is 2.82. The zero-order chi connectivity index (χ0) is 18.0. The van der Waals surface area contributed by atoms with Gasteiger partial charge in [-0.1, -0.05) is 11.6 Å². The maximum absolute atomic E-state index is 12.5. The molecule has 0 radical (unpaired) electrons. The fourth-order valence-corrected chi connectivity index (χ4v) is 2.85. The van der Waals surface area contributed by atoms with Crippen molar-refractivity contribution in [2.75, 3.05) is 19.5 Å². The number of benzene rings is 2. The average Bonchev–Trinajstić information content (AvgIpc) is 3.03. The fraction of sp³-hybridized carbons (Fsp3) is 0.222. The zero-order valence-electron chi connectivity index (χ0n) is 14.2. The van der Waals surface area contributed by atoms with Crippen LogP contribution in [0.2, 0.25) is 5.02 Å². The Labute approximate surface area is 150 Å². The monoisotopic (exact) mass is 359 g/mol. The standard InChI is InChI=1S/C18H18ClN3O3/c1-4-22-10-11-5-6-13(9-15(11)21-22)20-18(23)12-7-14(19)17(25-3)16(8-12)24-2/h5-10H,4H2,1-3H3,(H,20,23). The van der Waals surface area contributed by atoms with Gasteiger partial charge in [0, 0.05) is 29.4 Å². The number of amides is 1. The fourth-order valence-electron chi connectivity index (χ4n) is 2.56. The largest absolute Gasteiger partial charge is 0.493 e. The molecule has 0 bridgehead atoms. The maximum Gasteiger partial charge on any atom is 0.255 e. The van der Waals surface area contributed by atoms with E-state index in [1.807, 2.05) is 36.0 Å². The number of fused-ring (bicyclic) bond motifs is 1. The quantitative estimate of drug-likeness (QED) is 0.748. The Balaban J connectivity index is 1.88. The molecule has 0 saturated heterocycles. The van der Waals surface area contributed by atoms with Gasteiger partial charge in [0.15, 0.2) is 11.5 Å². The van der Waals surface area contributed by atoms with Crippen molar-refractivity contribution in [1.82, 2.24) is 9.78 Å². The Morgan fingerprint density at radius 1 is 1.24 bits per heavy atom. The van der Waals surface area contributed by atoms with Crippen LogP contribution >= 0.6 is 11.6 Å². The molecule has 0 spiro atoms.